The molecule has 1 aliphatic rings. The number of amides is 2. The number of hydrogen-bond donors (Lipinski definition) is 2. The van der Waals surface area contributed by atoms with Crippen LogP contribution in [0.2, 0.25) is 0 Å². The molecule has 2 amide bonds. The summed E-state index contributed by atoms with van der Waals surface area (Å²) in [7, 11) is 0. The summed E-state index contributed by atoms with van der Waals surface area (Å²) in [4.78, 5) is 31.6. The number of carbonyl (C=O) groups is 2. The van der Waals surface area contributed by atoms with E-state index in [0.717, 1.165) is 29.7 Å². The molecule has 0 radical (unpaired) electrons. The van der Waals surface area contributed by atoms with Crippen LogP contribution in [0.5, 0.6) is 0 Å². The van der Waals surface area contributed by atoms with E-state index in [-0.39, 0.29) is 17.7 Å². The number of nitrogens with zero attached hydrogens (tertiary/aromatic N) is 1. The third kappa shape index (κ3) is 4.75. The number of aromatic nitrogens is 1. The third-order valence-electron chi connectivity index (χ3n) is 5.07. The maximum absolute atomic E-state index is 12.8. The van der Waals surface area contributed by atoms with Gasteiger partial charge in [0.15, 0.2) is 0 Å². The molecule has 0 aliphatic carbocycles. The van der Waals surface area contributed by atoms with Gasteiger partial charge in [-0.1, -0.05) is 12.1 Å². The molecule has 1 atom stereocenters. The number of likely N-dealkylation sites (tertiary alicyclic amines) is 1. The smallest absolute Gasteiger partial charge is 0.270 e. The second-order valence-corrected chi connectivity index (χ2v) is 8.05. The topological polar surface area (TPSA) is 65.2 Å². The highest BCUT2D eigenvalue weighted by Gasteiger charge is 2.29. The Labute approximate surface area is 164 Å². The van der Waals surface area contributed by atoms with Crippen LogP contribution in [0.4, 0.5) is 0 Å². The van der Waals surface area contributed by atoms with E-state index < -0.39 is 0 Å². The van der Waals surface area contributed by atoms with Crippen LogP contribution in [0.25, 0.3) is 0 Å². The lowest BCUT2D eigenvalue weighted by Crippen LogP contribution is -2.45. The number of piperidine rings is 1. The Kier molecular flexibility index (Phi) is 6.26. The van der Waals surface area contributed by atoms with Gasteiger partial charge in [-0.25, -0.2) is 0 Å². The molecule has 2 N–H and O–H groups in total. The number of benzene rings is 1. The minimum Gasteiger partial charge on any atom is -0.354 e. The number of aromatic amines is 1. The van der Waals surface area contributed by atoms with Crippen molar-refractivity contribution in [3.05, 3.63) is 52.8 Å². The molecule has 2 aromatic rings. The van der Waals surface area contributed by atoms with E-state index in [1.54, 1.807) is 16.7 Å². The summed E-state index contributed by atoms with van der Waals surface area (Å²) >= 11 is 1.70. The van der Waals surface area contributed by atoms with Crippen molar-refractivity contribution in [2.24, 2.45) is 5.92 Å². The fraction of sp³-hybridized carbons (Fsp3) is 0.429. The molecule has 144 valence electrons. The van der Waals surface area contributed by atoms with Crippen LogP contribution in [0.15, 0.2) is 35.2 Å². The van der Waals surface area contributed by atoms with Gasteiger partial charge in [-0.3, -0.25) is 9.59 Å². The summed E-state index contributed by atoms with van der Waals surface area (Å²) in [5, 5.41) is 3.03. The van der Waals surface area contributed by atoms with Gasteiger partial charge in [-0.2, -0.15) is 0 Å². The molecule has 6 heteroatoms. The van der Waals surface area contributed by atoms with E-state index in [1.165, 1.54) is 4.90 Å². The minimum absolute atomic E-state index is 0.00856. The van der Waals surface area contributed by atoms with Crippen molar-refractivity contribution in [3.8, 4) is 0 Å². The lowest BCUT2D eigenvalue weighted by atomic mass is 9.96. The van der Waals surface area contributed by atoms with Crippen molar-refractivity contribution in [1.29, 1.82) is 0 Å². The van der Waals surface area contributed by atoms with Crippen molar-refractivity contribution >= 4 is 23.6 Å². The van der Waals surface area contributed by atoms with Gasteiger partial charge in [0.2, 0.25) is 5.91 Å². The van der Waals surface area contributed by atoms with Crippen LogP contribution in [0, 0.1) is 19.8 Å². The monoisotopic (exact) mass is 385 g/mol. The van der Waals surface area contributed by atoms with E-state index in [4.69, 9.17) is 0 Å². The van der Waals surface area contributed by atoms with E-state index in [0.29, 0.717) is 25.3 Å². The minimum atomic E-state index is -0.149. The summed E-state index contributed by atoms with van der Waals surface area (Å²) in [6, 6.07) is 10.2. The Morgan fingerprint density at radius 2 is 2.00 bits per heavy atom. The molecule has 3 rings (SSSR count). The maximum Gasteiger partial charge on any atom is 0.270 e. The van der Waals surface area contributed by atoms with E-state index >= 15 is 0 Å². The van der Waals surface area contributed by atoms with Gasteiger partial charge in [-0.15, -0.1) is 11.8 Å². The zero-order chi connectivity index (χ0) is 19.4. The average Bonchev–Trinajstić information content (AvgIpc) is 3.04. The molecule has 0 spiro atoms. The standard InChI is InChI=1S/C21H27N3O2S/c1-14-11-15(2)23-19(14)21(26)24-10-4-5-17(13-24)20(25)22-12-16-6-8-18(27-3)9-7-16/h6-9,11,17,23H,4-5,10,12-13H2,1-3H3,(H,22,25)/t17-/m1/s1. The maximum atomic E-state index is 12.8. The number of carbonyl (C=O) groups excluding carboxylic acids is 2. The lowest BCUT2D eigenvalue weighted by Gasteiger charge is -2.32. The number of aryl methyl sites for hydroxylation is 2. The van der Waals surface area contributed by atoms with Crippen molar-refractivity contribution < 1.29 is 9.59 Å². The number of rotatable bonds is 5. The van der Waals surface area contributed by atoms with Crippen LogP contribution < -0.4 is 5.32 Å². The zero-order valence-corrected chi connectivity index (χ0v) is 17.0. The number of thioether (sulfide) groups is 1. The van der Waals surface area contributed by atoms with Crippen molar-refractivity contribution in [2.75, 3.05) is 19.3 Å². The van der Waals surface area contributed by atoms with Crippen LogP contribution in [-0.2, 0) is 11.3 Å². The molecule has 1 aliphatic heterocycles. The Hall–Kier alpha value is -2.21. The quantitative estimate of drug-likeness (QED) is 0.774. The largest absolute Gasteiger partial charge is 0.354 e. The van der Waals surface area contributed by atoms with Gasteiger partial charge in [0.1, 0.15) is 5.69 Å². The average molecular weight is 386 g/mol. The van der Waals surface area contributed by atoms with Crippen LogP contribution in [0.3, 0.4) is 0 Å². The lowest BCUT2D eigenvalue weighted by molar-refractivity contribution is -0.126. The molecule has 1 fully saturated rings. The Morgan fingerprint density at radius 1 is 1.26 bits per heavy atom. The molecule has 1 aromatic carbocycles. The number of H-pyrrole nitrogens is 1. The molecular formula is C21H27N3O2S. The molecular weight excluding hydrogens is 358 g/mol. The first-order valence-electron chi connectivity index (χ1n) is 9.34. The van der Waals surface area contributed by atoms with Gasteiger partial charge >= 0.3 is 0 Å². The second-order valence-electron chi connectivity index (χ2n) is 7.17. The normalized spacial score (nSPS) is 17.0. The van der Waals surface area contributed by atoms with Gasteiger partial charge < -0.3 is 15.2 Å². The van der Waals surface area contributed by atoms with Gasteiger partial charge in [0, 0.05) is 30.2 Å². The third-order valence-corrected chi connectivity index (χ3v) is 5.81. The summed E-state index contributed by atoms with van der Waals surface area (Å²) in [5.74, 6) is -0.129. The second kappa shape index (κ2) is 8.65. The fourth-order valence-electron chi connectivity index (χ4n) is 3.56. The summed E-state index contributed by atoms with van der Waals surface area (Å²) in [5.41, 5.74) is 3.66. The van der Waals surface area contributed by atoms with E-state index in [2.05, 4.69) is 22.4 Å². The molecule has 1 aromatic heterocycles. The highest BCUT2D eigenvalue weighted by molar-refractivity contribution is 7.98. The molecule has 1 saturated heterocycles. The Bertz CT molecular complexity index is 813. The highest BCUT2D eigenvalue weighted by atomic mass is 32.2. The number of hydrogen-bond acceptors (Lipinski definition) is 3. The zero-order valence-electron chi connectivity index (χ0n) is 16.2. The molecule has 0 unspecified atom stereocenters. The van der Waals surface area contributed by atoms with Gasteiger partial charge in [-0.05, 0) is 62.3 Å². The van der Waals surface area contributed by atoms with Crippen LogP contribution >= 0.6 is 11.8 Å². The highest BCUT2D eigenvalue weighted by Crippen LogP contribution is 2.21. The predicted octanol–water partition coefficient (Wildman–Crippen LogP) is 3.52. The summed E-state index contributed by atoms with van der Waals surface area (Å²) in [6.45, 7) is 5.59. The Balaban J connectivity index is 1.57. The van der Waals surface area contributed by atoms with Crippen LogP contribution in [-0.4, -0.2) is 41.0 Å². The predicted molar refractivity (Wildman–Crippen MR) is 109 cm³/mol. The molecule has 5 nitrogen and oxygen atoms in total. The molecule has 2 heterocycles. The summed E-state index contributed by atoms with van der Waals surface area (Å²) in [6.07, 6.45) is 3.72. The molecule has 0 saturated carbocycles. The van der Waals surface area contributed by atoms with Crippen LogP contribution in [0.1, 0.15) is 40.2 Å². The van der Waals surface area contributed by atoms with E-state index in [9.17, 15) is 9.59 Å². The first-order valence-corrected chi connectivity index (χ1v) is 10.6. The summed E-state index contributed by atoms with van der Waals surface area (Å²) < 4.78 is 0. The Morgan fingerprint density at radius 3 is 2.63 bits per heavy atom. The van der Waals surface area contributed by atoms with Gasteiger partial charge in [0.25, 0.3) is 5.91 Å². The molecule has 27 heavy (non-hydrogen) atoms. The van der Waals surface area contributed by atoms with Gasteiger partial charge in [0.05, 0.1) is 5.92 Å². The van der Waals surface area contributed by atoms with Crippen molar-refractivity contribution in [2.45, 2.75) is 38.1 Å². The first-order chi connectivity index (χ1) is 13.0. The molecule has 0 bridgehead atoms. The number of nitrogens with one attached hydrogen (secondary N) is 2. The van der Waals surface area contributed by atoms with Crippen molar-refractivity contribution in [1.82, 2.24) is 15.2 Å². The van der Waals surface area contributed by atoms with Crippen molar-refractivity contribution in [3.63, 3.8) is 0 Å². The SMILES string of the molecule is CSc1ccc(CNC(=O)[C@@H]2CCCN(C(=O)c3[nH]c(C)cc3C)C2)cc1. The fourth-order valence-corrected chi connectivity index (χ4v) is 3.97. The first kappa shape index (κ1) is 19.5. The van der Waals surface area contributed by atoms with E-state index in [1.807, 2.05) is 38.3 Å².